The molecule has 4 nitrogen and oxygen atoms in total. The second-order valence-corrected chi connectivity index (χ2v) is 6.38. The number of carbonyl (C=O) groups is 1. The molecule has 1 aromatic heterocycles. The van der Waals surface area contributed by atoms with Crippen LogP contribution in [0.2, 0.25) is 10.0 Å². The summed E-state index contributed by atoms with van der Waals surface area (Å²) in [6.45, 7) is 1.93. The lowest BCUT2D eigenvalue weighted by Crippen LogP contribution is -2.31. The summed E-state index contributed by atoms with van der Waals surface area (Å²) in [5.41, 5.74) is 1.89. The number of aromatic nitrogens is 1. The van der Waals surface area contributed by atoms with Gasteiger partial charge in [-0.25, -0.2) is 0 Å². The average Bonchev–Trinajstić information content (AvgIpc) is 2.72. The minimum atomic E-state index is 0.00671. The molecular formula is C17H17Cl2N3O. The molecule has 2 heterocycles. The van der Waals surface area contributed by atoms with Crippen LogP contribution in [0.15, 0.2) is 42.6 Å². The Morgan fingerprint density at radius 1 is 1.26 bits per heavy atom. The molecule has 0 bridgehead atoms. The van der Waals surface area contributed by atoms with E-state index in [1.165, 1.54) is 0 Å². The first kappa shape index (κ1) is 16.2. The second kappa shape index (κ2) is 7.30. The first-order chi connectivity index (χ1) is 11.1. The molecule has 1 fully saturated rings. The van der Waals surface area contributed by atoms with E-state index in [1.54, 1.807) is 12.3 Å². The molecule has 0 spiro atoms. The van der Waals surface area contributed by atoms with Gasteiger partial charge in [0.25, 0.3) is 0 Å². The number of carbonyl (C=O) groups excluding carboxylic acids is 1. The Morgan fingerprint density at radius 2 is 2.04 bits per heavy atom. The van der Waals surface area contributed by atoms with Gasteiger partial charge in [-0.3, -0.25) is 14.7 Å². The minimum Gasteiger partial charge on any atom is -0.355 e. The third-order valence-corrected chi connectivity index (χ3v) is 4.50. The first-order valence-corrected chi connectivity index (χ1v) is 8.24. The zero-order valence-electron chi connectivity index (χ0n) is 12.5. The van der Waals surface area contributed by atoms with Gasteiger partial charge in [-0.15, -0.1) is 0 Å². The molecule has 0 radical (unpaired) electrons. The third-order valence-electron chi connectivity index (χ3n) is 3.96. The predicted molar refractivity (Wildman–Crippen MR) is 91.5 cm³/mol. The van der Waals surface area contributed by atoms with Gasteiger partial charge in [0.15, 0.2) is 0 Å². The Kier molecular flexibility index (Phi) is 5.16. The van der Waals surface area contributed by atoms with Crippen LogP contribution in [0.5, 0.6) is 0 Å². The van der Waals surface area contributed by atoms with E-state index in [2.05, 4.69) is 15.2 Å². The number of nitrogens with zero attached hydrogens (tertiary/aromatic N) is 2. The summed E-state index contributed by atoms with van der Waals surface area (Å²) in [6, 6.07) is 11.8. The lowest BCUT2D eigenvalue weighted by molar-refractivity contribution is -0.121. The highest BCUT2D eigenvalue weighted by Crippen LogP contribution is 2.29. The predicted octanol–water partition coefficient (Wildman–Crippen LogP) is 3.45. The quantitative estimate of drug-likeness (QED) is 0.922. The Hall–Kier alpha value is -1.62. The average molecular weight is 350 g/mol. The Labute approximate surface area is 145 Å². The van der Waals surface area contributed by atoms with Crippen molar-refractivity contribution < 1.29 is 4.79 Å². The van der Waals surface area contributed by atoms with Gasteiger partial charge in [0.05, 0.1) is 15.7 Å². The fourth-order valence-electron chi connectivity index (χ4n) is 2.82. The zero-order chi connectivity index (χ0) is 16.2. The summed E-state index contributed by atoms with van der Waals surface area (Å²) < 4.78 is 0. The van der Waals surface area contributed by atoms with Crippen LogP contribution in [0.4, 0.5) is 0 Å². The maximum absolute atomic E-state index is 12.0. The van der Waals surface area contributed by atoms with E-state index in [0.29, 0.717) is 29.6 Å². The number of rotatable bonds is 3. The molecule has 2 aromatic rings. The Balaban J connectivity index is 1.88. The fourth-order valence-corrected chi connectivity index (χ4v) is 3.26. The summed E-state index contributed by atoms with van der Waals surface area (Å²) in [6.07, 6.45) is 2.02. The van der Waals surface area contributed by atoms with Gasteiger partial charge in [0, 0.05) is 38.3 Å². The molecule has 1 N–H and O–H groups in total. The van der Waals surface area contributed by atoms with E-state index in [-0.39, 0.29) is 11.9 Å². The SMILES string of the molecule is O=C1CC(c2ccccc2)N(Cc2ncc(Cl)cc2Cl)CCN1. The van der Waals surface area contributed by atoms with Crippen molar-refractivity contribution in [2.45, 2.75) is 19.0 Å². The van der Waals surface area contributed by atoms with E-state index in [9.17, 15) is 4.79 Å². The van der Waals surface area contributed by atoms with Crippen molar-refractivity contribution in [3.05, 3.63) is 63.9 Å². The Morgan fingerprint density at radius 3 is 2.78 bits per heavy atom. The van der Waals surface area contributed by atoms with Crippen LogP contribution in [0.3, 0.4) is 0 Å². The van der Waals surface area contributed by atoms with Crippen LogP contribution in [-0.2, 0) is 11.3 Å². The molecule has 23 heavy (non-hydrogen) atoms. The van der Waals surface area contributed by atoms with Crippen molar-refractivity contribution in [1.82, 2.24) is 15.2 Å². The lowest BCUT2D eigenvalue weighted by atomic mass is 10.0. The molecule has 3 rings (SSSR count). The van der Waals surface area contributed by atoms with Crippen LogP contribution >= 0.6 is 23.2 Å². The largest absolute Gasteiger partial charge is 0.355 e. The summed E-state index contributed by atoms with van der Waals surface area (Å²) in [7, 11) is 0. The summed E-state index contributed by atoms with van der Waals surface area (Å²) in [5, 5.41) is 4.00. The van der Waals surface area contributed by atoms with Gasteiger partial charge in [-0.1, -0.05) is 53.5 Å². The maximum Gasteiger partial charge on any atom is 0.221 e. The van der Waals surface area contributed by atoms with Crippen LogP contribution in [-0.4, -0.2) is 28.9 Å². The van der Waals surface area contributed by atoms with Crippen molar-refractivity contribution in [3.63, 3.8) is 0 Å². The van der Waals surface area contributed by atoms with Crippen molar-refractivity contribution >= 4 is 29.1 Å². The van der Waals surface area contributed by atoms with E-state index in [1.807, 2.05) is 30.3 Å². The van der Waals surface area contributed by atoms with Gasteiger partial charge < -0.3 is 5.32 Å². The number of nitrogens with one attached hydrogen (secondary N) is 1. The van der Waals surface area contributed by atoms with Gasteiger partial charge in [-0.05, 0) is 11.6 Å². The number of amides is 1. The highest BCUT2D eigenvalue weighted by molar-refractivity contribution is 6.34. The number of pyridine rings is 1. The molecule has 1 saturated heterocycles. The van der Waals surface area contributed by atoms with E-state index >= 15 is 0 Å². The Bertz CT molecular complexity index is 693. The molecule has 1 atom stereocenters. The number of benzene rings is 1. The molecule has 0 aliphatic carbocycles. The van der Waals surface area contributed by atoms with Crippen molar-refractivity contribution in [2.24, 2.45) is 0 Å². The first-order valence-electron chi connectivity index (χ1n) is 7.49. The molecular weight excluding hydrogens is 333 g/mol. The summed E-state index contributed by atoms with van der Waals surface area (Å²) in [4.78, 5) is 18.5. The zero-order valence-corrected chi connectivity index (χ0v) is 14.0. The molecule has 6 heteroatoms. The highest BCUT2D eigenvalue weighted by atomic mass is 35.5. The fraction of sp³-hybridized carbons (Fsp3) is 0.294. The van der Waals surface area contributed by atoms with Gasteiger partial charge in [-0.2, -0.15) is 0 Å². The summed E-state index contributed by atoms with van der Waals surface area (Å²) in [5.74, 6) is 0.0662. The number of hydrogen-bond acceptors (Lipinski definition) is 3. The lowest BCUT2D eigenvalue weighted by Gasteiger charge is -2.29. The van der Waals surface area contributed by atoms with Gasteiger partial charge in [0.2, 0.25) is 5.91 Å². The standard InChI is InChI=1S/C17H17Cl2N3O/c18-13-8-14(19)15(21-10-13)11-22-7-6-20-17(23)9-16(22)12-4-2-1-3-5-12/h1-5,8,10,16H,6-7,9,11H2,(H,20,23). The van der Waals surface area contributed by atoms with Crippen molar-refractivity contribution in [2.75, 3.05) is 13.1 Å². The molecule has 1 aliphatic rings. The van der Waals surface area contributed by atoms with Crippen LogP contribution in [0, 0.1) is 0 Å². The minimum absolute atomic E-state index is 0.00671. The number of hydrogen-bond donors (Lipinski definition) is 1. The normalized spacial score (nSPS) is 19.2. The van der Waals surface area contributed by atoms with E-state index in [4.69, 9.17) is 23.2 Å². The van der Waals surface area contributed by atoms with Crippen LogP contribution in [0.25, 0.3) is 0 Å². The monoisotopic (exact) mass is 349 g/mol. The molecule has 1 amide bonds. The van der Waals surface area contributed by atoms with Crippen LogP contribution < -0.4 is 5.32 Å². The van der Waals surface area contributed by atoms with Crippen molar-refractivity contribution in [3.8, 4) is 0 Å². The smallest absolute Gasteiger partial charge is 0.221 e. The van der Waals surface area contributed by atoms with Gasteiger partial charge in [0.1, 0.15) is 0 Å². The van der Waals surface area contributed by atoms with Gasteiger partial charge >= 0.3 is 0 Å². The third kappa shape index (κ3) is 4.02. The molecule has 120 valence electrons. The molecule has 1 aromatic carbocycles. The van der Waals surface area contributed by atoms with Crippen LogP contribution in [0.1, 0.15) is 23.7 Å². The van der Waals surface area contributed by atoms with E-state index < -0.39 is 0 Å². The van der Waals surface area contributed by atoms with Crippen molar-refractivity contribution in [1.29, 1.82) is 0 Å². The second-order valence-electron chi connectivity index (χ2n) is 5.53. The molecule has 1 aliphatic heterocycles. The highest BCUT2D eigenvalue weighted by Gasteiger charge is 2.27. The molecule has 0 saturated carbocycles. The maximum atomic E-state index is 12.0. The number of halogens is 2. The summed E-state index contributed by atoms with van der Waals surface area (Å²) >= 11 is 12.2. The topological polar surface area (TPSA) is 45.2 Å². The van der Waals surface area contributed by atoms with E-state index in [0.717, 1.165) is 17.8 Å². The molecule has 1 unspecified atom stereocenters.